The molecule has 0 aliphatic rings. The summed E-state index contributed by atoms with van der Waals surface area (Å²) in [5.74, 6) is 0. The summed E-state index contributed by atoms with van der Waals surface area (Å²) >= 11 is 0. The second-order valence-corrected chi connectivity index (χ2v) is 4.13. The van der Waals surface area contributed by atoms with Crippen molar-refractivity contribution in [3.8, 4) is 0 Å². The fraction of sp³-hybridized carbons (Fsp3) is 0.615. The highest BCUT2D eigenvalue weighted by atomic mass is 16.5. The molecule has 0 saturated carbocycles. The molecule has 0 unspecified atom stereocenters. The molecule has 0 aliphatic carbocycles. The molecule has 0 fully saturated rings. The maximum Gasteiger partial charge on any atom is 0.0589 e. The lowest BCUT2D eigenvalue weighted by atomic mass is 10.3. The molecule has 1 aromatic heterocycles. The number of pyridine rings is 1. The Labute approximate surface area is 104 Å². The van der Waals surface area contributed by atoms with E-state index in [9.17, 15) is 0 Å². The minimum atomic E-state index is 0.758. The Kier molecular flexibility index (Phi) is 6.77. The number of rotatable bonds is 8. The van der Waals surface area contributed by atoms with Crippen LogP contribution < -0.4 is 5.32 Å². The third-order valence-electron chi connectivity index (χ3n) is 2.53. The molecule has 4 nitrogen and oxygen atoms in total. The second-order valence-electron chi connectivity index (χ2n) is 4.13. The van der Waals surface area contributed by atoms with Crippen LogP contribution in [0.2, 0.25) is 0 Å². The van der Waals surface area contributed by atoms with Crippen LogP contribution >= 0.6 is 0 Å². The molecule has 0 spiro atoms. The van der Waals surface area contributed by atoms with E-state index in [-0.39, 0.29) is 0 Å². The zero-order valence-electron chi connectivity index (χ0n) is 11.1. The van der Waals surface area contributed by atoms with Crippen molar-refractivity contribution in [1.29, 1.82) is 0 Å². The van der Waals surface area contributed by atoms with Crippen LogP contribution in [0.15, 0.2) is 18.2 Å². The van der Waals surface area contributed by atoms with Gasteiger partial charge in [0.05, 0.1) is 18.0 Å². The van der Waals surface area contributed by atoms with E-state index >= 15 is 0 Å². The minimum Gasteiger partial charge on any atom is -0.383 e. The van der Waals surface area contributed by atoms with E-state index in [1.54, 1.807) is 7.11 Å². The smallest absolute Gasteiger partial charge is 0.0589 e. The van der Waals surface area contributed by atoms with Crippen molar-refractivity contribution in [3.05, 3.63) is 29.6 Å². The Hall–Kier alpha value is -0.970. The zero-order chi connectivity index (χ0) is 12.5. The average Bonchev–Trinajstić information content (AvgIpc) is 2.34. The Balaban J connectivity index is 2.47. The van der Waals surface area contributed by atoms with Gasteiger partial charge in [-0.25, -0.2) is 0 Å². The lowest BCUT2D eigenvalue weighted by molar-refractivity contribution is 0.158. The van der Waals surface area contributed by atoms with Crippen LogP contribution in [0.5, 0.6) is 0 Å². The van der Waals surface area contributed by atoms with E-state index < -0.39 is 0 Å². The largest absolute Gasteiger partial charge is 0.383 e. The van der Waals surface area contributed by atoms with Crippen LogP contribution in [0.25, 0.3) is 0 Å². The number of aromatic nitrogens is 1. The minimum absolute atomic E-state index is 0.758. The van der Waals surface area contributed by atoms with Gasteiger partial charge in [0.2, 0.25) is 0 Å². The molecule has 1 N–H and O–H groups in total. The fourth-order valence-electron chi connectivity index (χ4n) is 1.57. The Morgan fingerprint density at radius 3 is 2.82 bits per heavy atom. The maximum absolute atomic E-state index is 5.05. The predicted molar refractivity (Wildman–Crippen MR) is 69.8 cm³/mol. The van der Waals surface area contributed by atoms with Gasteiger partial charge in [-0.2, -0.15) is 0 Å². The van der Waals surface area contributed by atoms with Crippen LogP contribution in [-0.4, -0.2) is 43.7 Å². The van der Waals surface area contributed by atoms with Crippen molar-refractivity contribution in [1.82, 2.24) is 15.2 Å². The molecule has 0 aromatic carbocycles. The molecule has 0 amide bonds. The quantitative estimate of drug-likeness (QED) is 0.739. The summed E-state index contributed by atoms with van der Waals surface area (Å²) in [6.07, 6.45) is 0. The topological polar surface area (TPSA) is 37.4 Å². The second kappa shape index (κ2) is 8.17. The summed E-state index contributed by atoms with van der Waals surface area (Å²) in [6.45, 7) is 6.46. The molecular formula is C13H23N3O. The molecule has 0 radical (unpaired) electrons. The first-order chi connectivity index (χ1) is 8.26. The summed E-state index contributed by atoms with van der Waals surface area (Å²) < 4.78 is 5.05. The number of ether oxygens (including phenoxy) is 1. The average molecular weight is 237 g/mol. The van der Waals surface area contributed by atoms with Gasteiger partial charge >= 0.3 is 0 Å². The van der Waals surface area contributed by atoms with E-state index in [2.05, 4.69) is 47.4 Å². The SMILES string of the molecule is CCNCc1cccc(CN(C)CCOC)n1. The van der Waals surface area contributed by atoms with E-state index in [0.29, 0.717) is 0 Å². The molecule has 1 heterocycles. The maximum atomic E-state index is 5.05. The Morgan fingerprint density at radius 1 is 1.35 bits per heavy atom. The Morgan fingerprint density at radius 2 is 2.12 bits per heavy atom. The number of hydrogen-bond acceptors (Lipinski definition) is 4. The van der Waals surface area contributed by atoms with Crippen molar-refractivity contribution in [2.45, 2.75) is 20.0 Å². The highest BCUT2D eigenvalue weighted by Crippen LogP contribution is 2.02. The predicted octanol–water partition coefficient (Wildman–Crippen LogP) is 1.27. The summed E-state index contributed by atoms with van der Waals surface area (Å²) in [7, 11) is 3.81. The zero-order valence-corrected chi connectivity index (χ0v) is 11.1. The first-order valence-corrected chi connectivity index (χ1v) is 6.09. The summed E-state index contributed by atoms with van der Waals surface area (Å²) in [5.41, 5.74) is 2.21. The van der Waals surface area contributed by atoms with Gasteiger partial charge in [-0.3, -0.25) is 9.88 Å². The van der Waals surface area contributed by atoms with E-state index in [1.165, 1.54) is 0 Å². The molecule has 0 bridgehead atoms. The molecule has 0 saturated heterocycles. The monoisotopic (exact) mass is 237 g/mol. The van der Waals surface area contributed by atoms with Crippen LogP contribution in [0.1, 0.15) is 18.3 Å². The molecule has 1 aromatic rings. The Bertz CT molecular complexity index is 317. The van der Waals surface area contributed by atoms with Crippen molar-refractivity contribution < 1.29 is 4.74 Å². The van der Waals surface area contributed by atoms with Crippen LogP contribution in [0, 0.1) is 0 Å². The molecular weight excluding hydrogens is 214 g/mol. The van der Waals surface area contributed by atoms with Gasteiger partial charge in [0.25, 0.3) is 0 Å². The lowest BCUT2D eigenvalue weighted by Gasteiger charge is -2.15. The van der Waals surface area contributed by atoms with Crippen molar-refractivity contribution in [2.24, 2.45) is 0 Å². The van der Waals surface area contributed by atoms with Gasteiger partial charge in [0.15, 0.2) is 0 Å². The van der Waals surface area contributed by atoms with Gasteiger partial charge in [-0.1, -0.05) is 13.0 Å². The number of likely N-dealkylation sites (N-methyl/N-ethyl adjacent to an activating group) is 1. The summed E-state index contributed by atoms with van der Waals surface area (Å²) in [6, 6.07) is 6.19. The number of methoxy groups -OCH3 is 1. The van der Waals surface area contributed by atoms with Crippen LogP contribution in [-0.2, 0) is 17.8 Å². The fourth-order valence-corrected chi connectivity index (χ4v) is 1.57. The molecule has 4 heteroatoms. The highest BCUT2D eigenvalue weighted by molar-refractivity contribution is 5.11. The first-order valence-electron chi connectivity index (χ1n) is 6.09. The van der Waals surface area contributed by atoms with Crippen molar-refractivity contribution in [3.63, 3.8) is 0 Å². The van der Waals surface area contributed by atoms with Crippen LogP contribution in [0.3, 0.4) is 0 Å². The van der Waals surface area contributed by atoms with Gasteiger partial charge in [0.1, 0.15) is 0 Å². The molecule has 0 atom stereocenters. The van der Waals surface area contributed by atoms with Gasteiger partial charge in [-0.05, 0) is 25.7 Å². The lowest BCUT2D eigenvalue weighted by Crippen LogP contribution is -2.23. The number of hydrogen-bond donors (Lipinski definition) is 1. The summed E-state index contributed by atoms with van der Waals surface area (Å²) in [4.78, 5) is 6.82. The van der Waals surface area contributed by atoms with Crippen molar-refractivity contribution in [2.75, 3.05) is 33.9 Å². The van der Waals surface area contributed by atoms with E-state index in [1.807, 2.05) is 0 Å². The first kappa shape index (κ1) is 14.1. The number of nitrogens with one attached hydrogen (secondary N) is 1. The standard InChI is InChI=1S/C13H23N3O/c1-4-14-10-12-6-5-7-13(15-12)11-16(2)8-9-17-3/h5-7,14H,4,8-11H2,1-3H3. The van der Waals surface area contributed by atoms with Crippen LogP contribution in [0.4, 0.5) is 0 Å². The third kappa shape index (κ3) is 5.77. The van der Waals surface area contributed by atoms with Crippen molar-refractivity contribution >= 4 is 0 Å². The highest BCUT2D eigenvalue weighted by Gasteiger charge is 2.02. The molecule has 0 aliphatic heterocycles. The molecule has 1 rings (SSSR count). The van der Waals surface area contributed by atoms with E-state index in [4.69, 9.17) is 4.74 Å². The summed E-state index contributed by atoms with van der Waals surface area (Å²) in [5, 5.41) is 3.28. The van der Waals surface area contributed by atoms with Gasteiger partial charge in [0, 0.05) is 26.7 Å². The normalized spacial score (nSPS) is 11.1. The molecule has 96 valence electrons. The molecule has 17 heavy (non-hydrogen) atoms. The third-order valence-corrected chi connectivity index (χ3v) is 2.53. The number of nitrogens with zero attached hydrogens (tertiary/aromatic N) is 2. The van der Waals surface area contributed by atoms with E-state index in [0.717, 1.165) is 44.2 Å². The van der Waals surface area contributed by atoms with Gasteiger partial charge < -0.3 is 10.1 Å². The van der Waals surface area contributed by atoms with Gasteiger partial charge in [-0.15, -0.1) is 0 Å².